The SMILES string of the molecule is CCOC(=O)Cc1ccc(CCC(=O)C2c3cc(Cl)cc(N)c3OC2C)cc1. The smallest absolute Gasteiger partial charge is 0.310 e. The Morgan fingerprint density at radius 3 is 2.54 bits per heavy atom. The van der Waals surface area contributed by atoms with Crippen molar-refractivity contribution in [3.63, 3.8) is 0 Å². The first-order chi connectivity index (χ1) is 13.4. The number of anilines is 1. The van der Waals surface area contributed by atoms with Crippen molar-refractivity contribution in [3.05, 3.63) is 58.1 Å². The first-order valence-electron chi connectivity index (χ1n) is 9.40. The summed E-state index contributed by atoms with van der Waals surface area (Å²) in [5, 5.41) is 0.504. The molecule has 3 rings (SSSR count). The van der Waals surface area contributed by atoms with Crippen molar-refractivity contribution in [1.82, 2.24) is 0 Å². The number of rotatable bonds is 7. The fraction of sp³-hybridized carbons (Fsp3) is 0.364. The van der Waals surface area contributed by atoms with E-state index in [0.29, 0.717) is 35.9 Å². The van der Waals surface area contributed by atoms with Crippen LogP contribution in [0.2, 0.25) is 5.02 Å². The van der Waals surface area contributed by atoms with E-state index in [9.17, 15) is 9.59 Å². The summed E-state index contributed by atoms with van der Waals surface area (Å²) in [6.07, 6.45) is 0.993. The van der Waals surface area contributed by atoms with Gasteiger partial charge in [0.15, 0.2) is 0 Å². The molecular formula is C22H24ClNO4. The molecule has 148 valence electrons. The van der Waals surface area contributed by atoms with Crippen LogP contribution in [0.1, 0.15) is 42.9 Å². The number of aryl methyl sites for hydroxylation is 1. The number of carbonyl (C=O) groups excluding carboxylic acids is 2. The van der Waals surface area contributed by atoms with E-state index in [1.807, 2.05) is 31.2 Å². The second-order valence-corrected chi connectivity index (χ2v) is 7.42. The fourth-order valence-electron chi connectivity index (χ4n) is 3.57. The first-order valence-corrected chi connectivity index (χ1v) is 9.78. The van der Waals surface area contributed by atoms with Crippen LogP contribution in [0.15, 0.2) is 36.4 Å². The van der Waals surface area contributed by atoms with Gasteiger partial charge in [-0.1, -0.05) is 35.9 Å². The number of fused-ring (bicyclic) bond motifs is 1. The third-order valence-corrected chi connectivity index (χ3v) is 5.12. The zero-order valence-electron chi connectivity index (χ0n) is 16.0. The Kier molecular flexibility index (Phi) is 6.25. The lowest BCUT2D eigenvalue weighted by Crippen LogP contribution is -2.22. The van der Waals surface area contributed by atoms with E-state index in [2.05, 4.69) is 0 Å². The lowest BCUT2D eigenvalue weighted by atomic mass is 9.88. The maximum Gasteiger partial charge on any atom is 0.310 e. The molecule has 0 saturated heterocycles. The molecule has 1 aliphatic rings. The van der Waals surface area contributed by atoms with Gasteiger partial charge >= 0.3 is 5.97 Å². The van der Waals surface area contributed by atoms with E-state index in [4.69, 9.17) is 26.8 Å². The monoisotopic (exact) mass is 401 g/mol. The zero-order chi connectivity index (χ0) is 20.3. The summed E-state index contributed by atoms with van der Waals surface area (Å²) in [6, 6.07) is 11.1. The Bertz CT molecular complexity index is 879. The highest BCUT2D eigenvalue weighted by molar-refractivity contribution is 6.31. The van der Waals surface area contributed by atoms with Crippen LogP contribution in [-0.4, -0.2) is 24.5 Å². The molecule has 28 heavy (non-hydrogen) atoms. The van der Waals surface area contributed by atoms with Gasteiger partial charge in [-0.15, -0.1) is 0 Å². The Balaban J connectivity index is 1.63. The lowest BCUT2D eigenvalue weighted by Gasteiger charge is -2.14. The third-order valence-electron chi connectivity index (χ3n) is 4.90. The van der Waals surface area contributed by atoms with E-state index < -0.39 is 0 Å². The Morgan fingerprint density at radius 2 is 1.86 bits per heavy atom. The maximum absolute atomic E-state index is 12.9. The summed E-state index contributed by atoms with van der Waals surface area (Å²) in [4.78, 5) is 24.4. The molecule has 0 saturated carbocycles. The van der Waals surface area contributed by atoms with Crippen molar-refractivity contribution in [3.8, 4) is 5.75 Å². The van der Waals surface area contributed by atoms with Crippen LogP contribution in [0.4, 0.5) is 5.69 Å². The summed E-state index contributed by atoms with van der Waals surface area (Å²) in [7, 11) is 0. The molecule has 0 spiro atoms. The van der Waals surface area contributed by atoms with Crippen LogP contribution >= 0.6 is 11.6 Å². The number of ketones is 1. The molecule has 0 aromatic heterocycles. The van der Waals surface area contributed by atoms with E-state index in [-0.39, 0.29) is 30.2 Å². The summed E-state index contributed by atoms with van der Waals surface area (Å²) in [6.45, 7) is 4.04. The average molecular weight is 402 g/mol. The minimum Gasteiger partial charge on any atom is -0.487 e. The molecule has 0 amide bonds. The van der Waals surface area contributed by atoms with E-state index in [1.54, 1.807) is 19.1 Å². The molecule has 1 heterocycles. The number of ether oxygens (including phenoxy) is 2. The van der Waals surface area contributed by atoms with Gasteiger partial charge in [-0.3, -0.25) is 9.59 Å². The standard InChI is InChI=1S/C22H24ClNO4/c1-3-27-20(26)10-15-6-4-14(5-7-15)8-9-19(25)21-13(2)28-22-17(21)11-16(23)12-18(22)24/h4-7,11-13,21H,3,8-10,24H2,1-2H3. The number of nitrogen functional groups attached to an aromatic ring is 1. The quantitative estimate of drug-likeness (QED) is 0.558. The topological polar surface area (TPSA) is 78.6 Å². The number of hydrogen-bond donors (Lipinski definition) is 1. The molecular weight excluding hydrogens is 378 g/mol. The van der Waals surface area contributed by atoms with Crippen LogP contribution in [0.5, 0.6) is 5.75 Å². The Labute approximate surface area is 169 Å². The minimum atomic E-state index is -0.362. The molecule has 2 aromatic carbocycles. The minimum absolute atomic E-state index is 0.100. The van der Waals surface area contributed by atoms with E-state index >= 15 is 0 Å². The number of carbonyl (C=O) groups is 2. The van der Waals surface area contributed by atoms with Crippen LogP contribution in [0, 0.1) is 0 Å². The molecule has 6 heteroatoms. The Morgan fingerprint density at radius 1 is 1.18 bits per heavy atom. The van der Waals surface area contributed by atoms with Crippen LogP contribution < -0.4 is 10.5 Å². The highest BCUT2D eigenvalue weighted by Crippen LogP contribution is 2.44. The molecule has 0 bridgehead atoms. The second kappa shape index (κ2) is 8.65. The fourth-order valence-corrected chi connectivity index (χ4v) is 3.81. The molecule has 2 aromatic rings. The average Bonchev–Trinajstić information content (AvgIpc) is 2.97. The van der Waals surface area contributed by atoms with Crippen molar-refractivity contribution < 1.29 is 19.1 Å². The van der Waals surface area contributed by atoms with Crippen molar-refractivity contribution in [2.75, 3.05) is 12.3 Å². The highest BCUT2D eigenvalue weighted by atomic mass is 35.5. The predicted molar refractivity (Wildman–Crippen MR) is 109 cm³/mol. The largest absolute Gasteiger partial charge is 0.487 e. The Hall–Kier alpha value is -2.53. The van der Waals surface area contributed by atoms with Gasteiger partial charge in [0, 0.05) is 17.0 Å². The number of esters is 1. The molecule has 2 N–H and O–H groups in total. The van der Waals surface area contributed by atoms with Gasteiger partial charge in [-0.25, -0.2) is 0 Å². The lowest BCUT2D eigenvalue weighted by molar-refractivity contribution is -0.142. The number of benzene rings is 2. The van der Waals surface area contributed by atoms with E-state index in [1.165, 1.54) is 0 Å². The number of Topliss-reactive ketones (excluding diaryl/α,β-unsaturated/α-hetero) is 1. The number of nitrogens with two attached hydrogens (primary N) is 1. The van der Waals surface area contributed by atoms with Crippen LogP contribution in [0.3, 0.4) is 0 Å². The third kappa shape index (κ3) is 4.47. The van der Waals surface area contributed by atoms with Crippen LogP contribution in [0.25, 0.3) is 0 Å². The van der Waals surface area contributed by atoms with Gasteiger partial charge < -0.3 is 15.2 Å². The van der Waals surface area contributed by atoms with Gasteiger partial charge in [-0.2, -0.15) is 0 Å². The maximum atomic E-state index is 12.9. The first kappa shape index (κ1) is 20.2. The van der Waals surface area contributed by atoms with Gasteiger partial charge in [0.2, 0.25) is 0 Å². The van der Waals surface area contributed by atoms with Gasteiger partial charge in [-0.05, 0) is 43.5 Å². The molecule has 0 fully saturated rings. The molecule has 0 aliphatic carbocycles. The summed E-state index contributed by atoms with van der Waals surface area (Å²) in [5.41, 5.74) is 9.14. The van der Waals surface area contributed by atoms with E-state index in [0.717, 1.165) is 16.7 Å². The van der Waals surface area contributed by atoms with Gasteiger partial charge in [0.1, 0.15) is 17.6 Å². The zero-order valence-corrected chi connectivity index (χ0v) is 16.8. The van der Waals surface area contributed by atoms with Crippen molar-refractivity contribution in [2.45, 2.75) is 45.1 Å². The number of hydrogen-bond acceptors (Lipinski definition) is 5. The van der Waals surface area contributed by atoms with Crippen molar-refractivity contribution in [2.24, 2.45) is 0 Å². The number of halogens is 1. The second-order valence-electron chi connectivity index (χ2n) is 6.98. The summed E-state index contributed by atoms with van der Waals surface area (Å²) >= 11 is 6.11. The molecule has 2 unspecified atom stereocenters. The predicted octanol–water partition coefficient (Wildman–Crippen LogP) is 4.09. The molecule has 1 aliphatic heterocycles. The molecule has 5 nitrogen and oxygen atoms in total. The van der Waals surface area contributed by atoms with Gasteiger partial charge in [0.05, 0.1) is 24.6 Å². The van der Waals surface area contributed by atoms with Crippen LogP contribution in [-0.2, 0) is 27.2 Å². The van der Waals surface area contributed by atoms with Crippen molar-refractivity contribution >= 4 is 29.0 Å². The highest BCUT2D eigenvalue weighted by Gasteiger charge is 2.37. The molecule has 0 radical (unpaired) electrons. The molecule has 2 atom stereocenters. The normalized spacial score (nSPS) is 17.7. The van der Waals surface area contributed by atoms with Gasteiger partial charge in [0.25, 0.3) is 0 Å². The summed E-state index contributed by atoms with van der Waals surface area (Å²) < 4.78 is 10.8. The summed E-state index contributed by atoms with van der Waals surface area (Å²) in [5.74, 6) is 0.0680. The van der Waals surface area contributed by atoms with Crippen molar-refractivity contribution in [1.29, 1.82) is 0 Å².